The van der Waals surface area contributed by atoms with Crippen LogP contribution in [0.25, 0.3) is 0 Å². The number of hydrogen-bond donors (Lipinski definition) is 1. The van der Waals surface area contributed by atoms with Crippen molar-refractivity contribution < 1.29 is 13.2 Å². The molecule has 5 heteroatoms. The molecule has 0 saturated heterocycles. The van der Waals surface area contributed by atoms with Crippen LogP contribution in [0.2, 0.25) is 0 Å². The van der Waals surface area contributed by atoms with E-state index in [1.54, 1.807) is 6.08 Å². The zero-order chi connectivity index (χ0) is 13.0. The third-order valence-corrected chi connectivity index (χ3v) is 5.18. The minimum atomic E-state index is -3.07. The van der Waals surface area contributed by atoms with E-state index in [0.717, 1.165) is 6.42 Å². The van der Waals surface area contributed by atoms with E-state index >= 15 is 0 Å². The summed E-state index contributed by atoms with van der Waals surface area (Å²) in [7, 11) is -3.07. The molecule has 0 aromatic heterocycles. The van der Waals surface area contributed by atoms with Crippen LogP contribution in [0.15, 0.2) is 11.5 Å². The zero-order valence-electron chi connectivity index (χ0n) is 10.6. The maximum absolute atomic E-state index is 11.7. The van der Waals surface area contributed by atoms with Crippen molar-refractivity contribution in [2.45, 2.75) is 51.0 Å². The second-order valence-electron chi connectivity index (χ2n) is 5.37. The van der Waals surface area contributed by atoms with Crippen LogP contribution in [0.5, 0.6) is 0 Å². The first-order chi connectivity index (χ1) is 8.55. The van der Waals surface area contributed by atoms with Crippen LogP contribution in [-0.4, -0.2) is 26.1 Å². The Bertz CT molecular complexity index is 422. The van der Waals surface area contributed by atoms with Gasteiger partial charge in [-0.1, -0.05) is 32.1 Å². The predicted octanol–water partition coefficient (Wildman–Crippen LogP) is 1.77. The molecule has 2 aliphatic rings. The molecule has 1 atom stereocenters. The molecule has 1 fully saturated rings. The topological polar surface area (TPSA) is 63.2 Å². The average Bonchev–Trinajstić information content (AvgIpc) is 2.67. The molecule has 4 nitrogen and oxygen atoms in total. The molecule has 18 heavy (non-hydrogen) atoms. The molecule has 1 heterocycles. The Labute approximate surface area is 109 Å². The summed E-state index contributed by atoms with van der Waals surface area (Å²) in [4.78, 5) is 11.7. The molecule has 0 unspecified atom stereocenters. The van der Waals surface area contributed by atoms with Crippen LogP contribution in [0.4, 0.5) is 0 Å². The molecule has 0 aromatic rings. The Morgan fingerprint density at radius 1 is 1.22 bits per heavy atom. The fourth-order valence-electron chi connectivity index (χ4n) is 2.76. The molecule has 0 aromatic carbocycles. The third-order valence-electron chi connectivity index (χ3n) is 3.78. The molecule has 1 amide bonds. The standard InChI is InChI=1S/C13H21NO3S/c15-13(7-6-11-4-2-1-3-5-11)14-12-8-9-18(16,17)10-12/h8-9,11-12H,1-7,10H2,(H,14,15)/t12-/m0/s1. The van der Waals surface area contributed by atoms with Gasteiger partial charge in [-0.25, -0.2) is 8.42 Å². The van der Waals surface area contributed by atoms with Gasteiger partial charge < -0.3 is 5.32 Å². The van der Waals surface area contributed by atoms with Crippen LogP contribution >= 0.6 is 0 Å². The van der Waals surface area contributed by atoms with E-state index in [9.17, 15) is 13.2 Å². The highest BCUT2D eigenvalue weighted by Gasteiger charge is 2.23. The van der Waals surface area contributed by atoms with Crippen molar-refractivity contribution in [1.82, 2.24) is 5.32 Å². The molecule has 0 radical (unpaired) electrons. The van der Waals surface area contributed by atoms with Gasteiger partial charge in [0.1, 0.15) is 0 Å². The summed E-state index contributed by atoms with van der Waals surface area (Å²) in [5.41, 5.74) is 0. The van der Waals surface area contributed by atoms with E-state index in [1.165, 1.54) is 37.5 Å². The lowest BCUT2D eigenvalue weighted by molar-refractivity contribution is -0.121. The highest BCUT2D eigenvalue weighted by atomic mass is 32.2. The first-order valence-electron chi connectivity index (χ1n) is 6.75. The lowest BCUT2D eigenvalue weighted by Crippen LogP contribution is -2.35. The van der Waals surface area contributed by atoms with Gasteiger partial charge >= 0.3 is 0 Å². The lowest BCUT2D eigenvalue weighted by atomic mass is 9.86. The lowest BCUT2D eigenvalue weighted by Gasteiger charge is -2.21. The van der Waals surface area contributed by atoms with Crippen LogP contribution in [-0.2, 0) is 14.6 Å². The Hall–Kier alpha value is -0.840. The Kier molecular flexibility index (Phi) is 4.43. The number of sulfone groups is 1. The summed E-state index contributed by atoms with van der Waals surface area (Å²) in [6, 6.07) is -0.325. The summed E-state index contributed by atoms with van der Waals surface area (Å²) in [5.74, 6) is 0.682. The highest BCUT2D eigenvalue weighted by molar-refractivity contribution is 7.94. The van der Waals surface area contributed by atoms with E-state index in [0.29, 0.717) is 12.3 Å². The third kappa shape index (κ3) is 4.12. The van der Waals surface area contributed by atoms with Crippen molar-refractivity contribution >= 4 is 15.7 Å². The minimum Gasteiger partial charge on any atom is -0.349 e. The summed E-state index contributed by atoms with van der Waals surface area (Å²) in [6.45, 7) is 0. The molecule has 1 N–H and O–H groups in total. The SMILES string of the molecule is O=C(CCC1CCCCC1)N[C@H]1C=CS(=O)(=O)C1. The van der Waals surface area contributed by atoms with Gasteiger partial charge in [0, 0.05) is 11.8 Å². The van der Waals surface area contributed by atoms with E-state index in [2.05, 4.69) is 5.32 Å². The van der Waals surface area contributed by atoms with Crippen molar-refractivity contribution in [3.8, 4) is 0 Å². The summed E-state index contributed by atoms with van der Waals surface area (Å²) >= 11 is 0. The van der Waals surface area contributed by atoms with Gasteiger partial charge in [-0.15, -0.1) is 0 Å². The first-order valence-corrected chi connectivity index (χ1v) is 8.47. The van der Waals surface area contributed by atoms with Gasteiger partial charge in [-0.2, -0.15) is 0 Å². The van der Waals surface area contributed by atoms with Gasteiger partial charge in [0.25, 0.3) is 0 Å². The molecule has 0 bridgehead atoms. The maximum atomic E-state index is 11.7. The Morgan fingerprint density at radius 2 is 1.94 bits per heavy atom. The Balaban J connectivity index is 1.68. The van der Waals surface area contributed by atoms with Crippen molar-refractivity contribution in [3.05, 3.63) is 11.5 Å². The van der Waals surface area contributed by atoms with Crippen molar-refractivity contribution in [2.24, 2.45) is 5.92 Å². The quantitative estimate of drug-likeness (QED) is 0.847. The molecular weight excluding hydrogens is 250 g/mol. The number of amides is 1. The second-order valence-corrected chi connectivity index (χ2v) is 7.31. The van der Waals surface area contributed by atoms with Crippen molar-refractivity contribution in [1.29, 1.82) is 0 Å². The number of hydrogen-bond acceptors (Lipinski definition) is 3. The van der Waals surface area contributed by atoms with E-state index in [-0.39, 0.29) is 17.7 Å². The predicted molar refractivity (Wildman–Crippen MR) is 70.7 cm³/mol. The molecule has 1 aliphatic heterocycles. The van der Waals surface area contributed by atoms with Crippen LogP contribution in [0.1, 0.15) is 44.9 Å². The van der Waals surface area contributed by atoms with Crippen LogP contribution in [0, 0.1) is 5.92 Å². The molecule has 1 aliphatic carbocycles. The molecule has 1 saturated carbocycles. The zero-order valence-corrected chi connectivity index (χ0v) is 11.4. The summed E-state index contributed by atoms with van der Waals surface area (Å²) in [5, 5.41) is 3.96. The van der Waals surface area contributed by atoms with Gasteiger partial charge in [0.05, 0.1) is 11.8 Å². The number of carbonyl (C=O) groups is 1. The maximum Gasteiger partial charge on any atom is 0.220 e. The van der Waals surface area contributed by atoms with E-state index in [4.69, 9.17) is 0 Å². The first kappa shape index (κ1) is 13.6. The molecule has 102 valence electrons. The largest absolute Gasteiger partial charge is 0.349 e. The smallest absolute Gasteiger partial charge is 0.220 e. The van der Waals surface area contributed by atoms with Gasteiger partial charge in [-0.3, -0.25) is 4.79 Å². The van der Waals surface area contributed by atoms with Crippen LogP contribution in [0.3, 0.4) is 0 Å². The minimum absolute atomic E-state index is 0.0160. The molecular formula is C13H21NO3S. The summed E-state index contributed by atoms with van der Waals surface area (Å²) in [6.07, 6.45) is 9.41. The van der Waals surface area contributed by atoms with Crippen molar-refractivity contribution in [3.63, 3.8) is 0 Å². The number of carbonyl (C=O) groups excluding carboxylic acids is 1. The van der Waals surface area contributed by atoms with E-state index < -0.39 is 9.84 Å². The second kappa shape index (κ2) is 5.87. The summed E-state index contributed by atoms with van der Waals surface area (Å²) < 4.78 is 22.4. The number of rotatable bonds is 4. The fourth-order valence-corrected chi connectivity index (χ4v) is 3.99. The highest BCUT2D eigenvalue weighted by Crippen LogP contribution is 2.27. The van der Waals surface area contributed by atoms with Crippen LogP contribution < -0.4 is 5.32 Å². The van der Waals surface area contributed by atoms with Crippen molar-refractivity contribution in [2.75, 3.05) is 5.75 Å². The number of nitrogens with one attached hydrogen (secondary N) is 1. The van der Waals surface area contributed by atoms with E-state index in [1.807, 2.05) is 0 Å². The molecule has 0 spiro atoms. The van der Waals surface area contributed by atoms with Gasteiger partial charge in [0.15, 0.2) is 9.84 Å². The monoisotopic (exact) mass is 271 g/mol. The normalized spacial score (nSPS) is 27.2. The molecule has 2 rings (SSSR count). The van der Waals surface area contributed by atoms with Gasteiger partial charge in [0.2, 0.25) is 5.91 Å². The Morgan fingerprint density at radius 3 is 2.56 bits per heavy atom. The fraction of sp³-hybridized carbons (Fsp3) is 0.769. The average molecular weight is 271 g/mol. The van der Waals surface area contributed by atoms with Gasteiger partial charge in [-0.05, 0) is 18.4 Å².